The number of hydrogen-bond acceptors (Lipinski definition) is 5. The molecule has 98 valence electrons. The zero-order valence-corrected chi connectivity index (χ0v) is 11.4. The minimum atomic E-state index is -0.577. The molecule has 2 N–H and O–H groups in total. The van der Waals surface area contributed by atoms with Crippen molar-refractivity contribution in [2.75, 3.05) is 6.61 Å². The van der Waals surface area contributed by atoms with Crippen LogP contribution in [0.3, 0.4) is 0 Å². The predicted molar refractivity (Wildman–Crippen MR) is 65.4 cm³/mol. The van der Waals surface area contributed by atoms with Crippen LogP contribution in [0, 0.1) is 0 Å². The van der Waals surface area contributed by atoms with Gasteiger partial charge >= 0.3 is 0 Å². The lowest BCUT2D eigenvalue weighted by molar-refractivity contribution is -0.0403. The number of rotatable bonds is 6. The topological polar surface area (TPSA) is 74.2 Å². The van der Waals surface area contributed by atoms with E-state index in [9.17, 15) is 0 Å². The van der Waals surface area contributed by atoms with Crippen molar-refractivity contribution in [1.82, 2.24) is 10.1 Å². The van der Waals surface area contributed by atoms with E-state index in [1.165, 1.54) is 0 Å². The Morgan fingerprint density at radius 3 is 2.35 bits per heavy atom. The predicted octanol–water partition coefficient (Wildman–Crippen LogP) is 2.32. The minimum absolute atomic E-state index is 0.467. The molecule has 0 saturated heterocycles. The van der Waals surface area contributed by atoms with Crippen LogP contribution in [0.25, 0.3) is 0 Å². The van der Waals surface area contributed by atoms with Crippen LogP contribution in [-0.4, -0.2) is 16.7 Å². The quantitative estimate of drug-likeness (QED) is 0.827. The molecule has 0 aliphatic rings. The molecule has 5 heteroatoms. The number of ether oxygens (including phenoxy) is 1. The van der Waals surface area contributed by atoms with Crippen LogP contribution in [0.4, 0.5) is 0 Å². The number of nitrogens with zero attached hydrogens (tertiary/aromatic N) is 2. The summed E-state index contributed by atoms with van der Waals surface area (Å²) in [5.74, 6) is 1.04. The van der Waals surface area contributed by atoms with Crippen molar-refractivity contribution in [1.29, 1.82) is 0 Å². The lowest BCUT2D eigenvalue weighted by Crippen LogP contribution is -2.33. The van der Waals surface area contributed by atoms with Crippen LogP contribution in [0.15, 0.2) is 4.52 Å². The zero-order valence-electron chi connectivity index (χ0n) is 11.4. The van der Waals surface area contributed by atoms with Crippen LogP contribution < -0.4 is 5.73 Å². The third-order valence-electron chi connectivity index (χ3n) is 3.26. The molecular weight excluding hydrogens is 218 g/mol. The Bertz CT molecular complexity index is 362. The first-order valence-electron chi connectivity index (χ1n) is 6.17. The maximum Gasteiger partial charge on any atom is 0.246 e. The summed E-state index contributed by atoms with van der Waals surface area (Å²) in [4.78, 5) is 4.39. The lowest BCUT2D eigenvalue weighted by atomic mass is 10.00. The smallest absolute Gasteiger partial charge is 0.246 e. The standard InChI is InChI=1S/C12H23N3O2/c1-6-11(4,13)10-14-9(15-17-10)12(5,7-2)16-8-3/h6-8,13H2,1-5H3. The van der Waals surface area contributed by atoms with Gasteiger partial charge in [-0.3, -0.25) is 0 Å². The number of aromatic nitrogens is 2. The third-order valence-corrected chi connectivity index (χ3v) is 3.26. The van der Waals surface area contributed by atoms with Crippen molar-refractivity contribution in [3.63, 3.8) is 0 Å². The van der Waals surface area contributed by atoms with Gasteiger partial charge in [0.25, 0.3) is 0 Å². The van der Waals surface area contributed by atoms with Crippen molar-refractivity contribution < 1.29 is 9.26 Å². The highest BCUT2D eigenvalue weighted by Crippen LogP contribution is 2.28. The van der Waals surface area contributed by atoms with E-state index in [0.29, 0.717) is 18.3 Å². The van der Waals surface area contributed by atoms with Gasteiger partial charge < -0.3 is 15.0 Å². The highest BCUT2D eigenvalue weighted by atomic mass is 16.5. The molecule has 0 spiro atoms. The first kappa shape index (κ1) is 14.1. The molecule has 0 aromatic carbocycles. The molecule has 5 nitrogen and oxygen atoms in total. The molecular formula is C12H23N3O2. The molecule has 0 fully saturated rings. The van der Waals surface area contributed by atoms with Gasteiger partial charge in [-0.2, -0.15) is 4.98 Å². The first-order valence-corrected chi connectivity index (χ1v) is 6.17. The van der Waals surface area contributed by atoms with Crippen LogP contribution in [0.5, 0.6) is 0 Å². The number of hydrogen-bond donors (Lipinski definition) is 1. The second kappa shape index (κ2) is 5.14. The monoisotopic (exact) mass is 241 g/mol. The van der Waals surface area contributed by atoms with Gasteiger partial charge in [-0.1, -0.05) is 19.0 Å². The molecule has 0 aliphatic carbocycles. The first-order chi connectivity index (χ1) is 7.89. The molecule has 1 aromatic rings. The van der Waals surface area contributed by atoms with Gasteiger partial charge in [-0.15, -0.1) is 0 Å². The lowest BCUT2D eigenvalue weighted by Gasteiger charge is -2.24. The van der Waals surface area contributed by atoms with E-state index in [4.69, 9.17) is 15.0 Å². The van der Waals surface area contributed by atoms with Gasteiger partial charge in [0.05, 0.1) is 5.54 Å². The summed E-state index contributed by atoms with van der Waals surface area (Å²) in [6.45, 7) is 10.4. The second-order valence-corrected chi connectivity index (χ2v) is 4.71. The van der Waals surface area contributed by atoms with E-state index >= 15 is 0 Å². The van der Waals surface area contributed by atoms with Gasteiger partial charge in [0, 0.05) is 6.61 Å². The molecule has 2 unspecified atom stereocenters. The summed E-state index contributed by atoms with van der Waals surface area (Å²) in [6, 6.07) is 0. The van der Waals surface area contributed by atoms with Crippen LogP contribution >= 0.6 is 0 Å². The fourth-order valence-electron chi connectivity index (χ4n) is 1.46. The largest absolute Gasteiger partial charge is 0.367 e. The Labute approximate surface area is 103 Å². The SMILES string of the molecule is CCOC(C)(CC)c1noc(C(C)(N)CC)n1. The molecule has 0 radical (unpaired) electrons. The van der Waals surface area contributed by atoms with Gasteiger partial charge in [-0.05, 0) is 33.6 Å². The molecule has 0 amide bonds. The van der Waals surface area contributed by atoms with E-state index in [2.05, 4.69) is 10.1 Å². The summed E-state index contributed by atoms with van der Waals surface area (Å²) in [7, 11) is 0. The van der Waals surface area contributed by atoms with E-state index in [-0.39, 0.29) is 0 Å². The fourth-order valence-corrected chi connectivity index (χ4v) is 1.46. The van der Waals surface area contributed by atoms with Crippen LogP contribution in [0.1, 0.15) is 59.2 Å². The van der Waals surface area contributed by atoms with Crippen LogP contribution in [0.2, 0.25) is 0 Å². The zero-order chi connectivity index (χ0) is 13.1. The fraction of sp³-hybridized carbons (Fsp3) is 0.833. The number of nitrogens with two attached hydrogens (primary N) is 1. The summed E-state index contributed by atoms with van der Waals surface area (Å²) >= 11 is 0. The van der Waals surface area contributed by atoms with E-state index in [0.717, 1.165) is 12.8 Å². The average molecular weight is 241 g/mol. The summed E-state index contributed by atoms with van der Waals surface area (Å²) < 4.78 is 10.9. The Morgan fingerprint density at radius 1 is 1.24 bits per heavy atom. The Balaban J connectivity index is 3.01. The molecule has 1 aromatic heterocycles. The van der Waals surface area contributed by atoms with Gasteiger partial charge in [0.2, 0.25) is 11.7 Å². The molecule has 0 saturated carbocycles. The highest BCUT2D eigenvalue weighted by Gasteiger charge is 2.34. The molecule has 2 atom stereocenters. The summed E-state index contributed by atoms with van der Waals surface area (Å²) in [6.07, 6.45) is 1.53. The van der Waals surface area contributed by atoms with Gasteiger partial charge in [0.1, 0.15) is 5.60 Å². The van der Waals surface area contributed by atoms with E-state index in [1.54, 1.807) is 0 Å². The molecule has 1 rings (SSSR count). The molecule has 17 heavy (non-hydrogen) atoms. The summed E-state index contributed by atoms with van der Waals surface area (Å²) in [5.41, 5.74) is 5.00. The van der Waals surface area contributed by atoms with Crippen molar-refractivity contribution in [2.45, 2.75) is 58.6 Å². The second-order valence-electron chi connectivity index (χ2n) is 4.71. The molecule has 0 aliphatic heterocycles. The maximum absolute atomic E-state index is 6.07. The van der Waals surface area contributed by atoms with Crippen LogP contribution in [-0.2, 0) is 15.9 Å². The van der Waals surface area contributed by atoms with Gasteiger partial charge in [-0.25, -0.2) is 0 Å². The normalized spacial score (nSPS) is 18.7. The molecule has 0 bridgehead atoms. The minimum Gasteiger partial charge on any atom is -0.367 e. The van der Waals surface area contributed by atoms with Crippen molar-refractivity contribution in [3.8, 4) is 0 Å². The van der Waals surface area contributed by atoms with E-state index < -0.39 is 11.1 Å². The average Bonchev–Trinajstić information content (AvgIpc) is 2.79. The summed E-state index contributed by atoms with van der Waals surface area (Å²) in [5, 5.41) is 4.00. The van der Waals surface area contributed by atoms with Crippen molar-refractivity contribution >= 4 is 0 Å². The maximum atomic E-state index is 6.07. The Hall–Kier alpha value is -0.940. The van der Waals surface area contributed by atoms with E-state index in [1.807, 2.05) is 34.6 Å². The highest BCUT2D eigenvalue weighted by molar-refractivity contribution is 5.04. The third kappa shape index (κ3) is 2.84. The van der Waals surface area contributed by atoms with Crippen molar-refractivity contribution in [2.24, 2.45) is 5.73 Å². The van der Waals surface area contributed by atoms with Gasteiger partial charge in [0.15, 0.2) is 0 Å². The Kier molecular flexibility index (Phi) is 4.27. The van der Waals surface area contributed by atoms with Crippen molar-refractivity contribution in [3.05, 3.63) is 11.7 Å². The molecule has 1 heterocycles. The Morgan fingerprint density at radius 2 is 1.88 bits per heavy atom.